The Hall–Kier alpha value is -2.62. The molecule has 0 bridgehead atoms. The minimum atomic E-state index is -4.60. The molecule has 3 rings (SSSR count). The molecule has 25 heavy (non-hydrogen) atoms. The van der Waals surface area contributed by atoms with Gasteiger partial charge in [0.2, 0.25) is 0 Å². The fourth-order valence-corrected chi connectivity index (χ4v) is 2.94. The van der Waals surface area contributed by atoms with E-state index in [-0.39, 0.29) is 10.7 Å². The number of benzene rings is 1. The van der Waals surface area contributed by atoms with Crippen LogP contribution in [0.2, 0.25) is 0 Å². The summed E-state index contributed by atoms with van der Waals surface area (Å²) in [6.07, 6.45) is 0.280. The van der Waals surface area contributed by atoms with Gasteiger partial charge in [-0.2, -0.15) is 18.3 Å². The van der Waals surface area contributed by atoms with Gasteiger partial charge >= 0.3 is 6.18 Å². The first-order valence-electron chi connectivity index (χ1n) is 7.02. The van der Waals surface area contributed by atoms with Crippen LogP contribution >= 0.6 is 0 Å². The third-order valence-electron chi connectivity index (χ3n) is 3.50. The molecule has 0 aliphatic heterocycles. The smallest absolute Gasteiger partial charge is 0.299 e. The zero-order valence-corrected chi connectivity index (χ0v) is 14.0. The molecule has 0 radical (unpaired) electrons. The van der Waals surface area contributed by atoms with Crippen LogP contribution in [0.15, 0.2) is 47.8 Å². The summed E-state index contributed by atoms with van der Waals surface area (Å²) in [4.78, 5) is 3.76. The molecule has 2 aromatic heterocycles. The highest BCUT2D eigenvalue weighted by atomic mass is 32.2. The van der Waals surface area contributed by atoms with Crippen molar-refractivity contribution in [2.24, 2.45) is 7.05 Å². The average molecular weight is 370 g/mol. The van der Waals surface area contributed by atoms with Gasteiger partial charge in [-0.1, -0.05) is 0 Å². The van der Waals surface area contributed by atoms with Crippen LogP contribution in [0.4, 0.5) is 13.2 Å². The summed E-state index contributed by atoms with van der Waals surface area (Å²) in [5.74, 6) is 0.0625. The quantitative estimate of drug-likeness (QED) is 0.711. The predicted octanol–water partition coefficient (Wildman–Crippen LogP) is 2.70. The number of alkyl halides is 3. The molecule has 0 amide bonds. The molecule has 0 aliphatic carbocycles. The first-order valence-corrected chi connectivity index (χ1v) is 8.91. The number of aryl methyl sites for hydroxylation is 1. The Balaban J connectivity index is 2.16. The third-order valence-corrected chi connectivity index (χ3v) is 4.63. The highest BCUT2D eigenvalue weighted by molar-refractivity contribution is 7.90. The van der Waals surface area contributed by atoms with Crippen LogP contribution in [-0.2, 0) is 23.1 Å². The van der Waals surface area contributed by atoms with E-state index in [1.807, 2.05) is 0 Å². The van der Waals surface area contributed by atoms with Crippen molar-refractivity contribution >= 4 is 9.84 Å². The topological polar surface area (TPSA) is 69.8 Å². The number of imidazole rings is 1. The van der Waals surface area contributed by atoms with Crippen molar-refractivity contribution in [3.05, 3.63) is 48.5 Å². The highest BCUT2D eigenvalue weighted by Crippen LogP contribution is 2.32. The van der Waals surface area contributed by atoms with Crippen molar-refractivity contribution in [1.82, 2.24) is 19.3 Å². The van der Waals surface area contributed by atoms with Crippen molar-refractivity contribution in [3.8, 4) is 17.1 Å². The van der Waals surface area contributed by atoms with E-state index in [9.17, 15) is 21.6 Å². The number of halogens is 3. The molecule has 10 heteroatoms. The van der Waals surface area contributed by atoms with Gasteiger partial charge in [-0.25, -0.2) is 13.4 Å². The van der Waals surface area contributed by atoms with Crippen LogP contribution in [0.3, 0.4) is 0 Å². The molecule has 0 N–H and O–H groups in total. The first-order chi connectivity index (χ1) is 11.6. The maximum absolute atomic E-state index is 13.1. The largest absolute Gasteiger partial charge is 0.434 e. The van der Waals surface area contributed by atoms with Crippen LogP contribution in [0, 0.1) is 0 Å². The first kappa shape index (κ1) is 17.2. The Morgan fingerprint density at radius 1 is 1.08 bits per heavy atom. The standard InChI is InChI=1S/C15H13F3N4O2S/c1-21-8-10(7-19-21)14-20-13(15(16,17)18)9-22(14)11-3-5-12(6-4-11)25(2,23)24/h3-9H,1-2H3. The number of hydrogen-bond acceptors (Lipinski definition) is 4. The lowest BCUT2D eigenvalue weighted by Gasteiger charge is -2.07. The summed E-state index contributed by atoms with van der Waals surface area (Å²) in [5, 5.41) is 3.95. The van der Waals surface area contributed by atoms with E-state index in [1.165, 1.54) is 39.7 Å². The third kappa shape index (κ3) is 3.43. The van der Waals surface area contributed by atoms with Crippen LogP contribution < -0.4 is 0 Å². The summed E-state index contributed by atoms with van der Waals surface area (Å²) < 4.78 is 65.0. The van der Waals surface area contributed by atoms with Crippen molar-refractivity contribution < 1.29 is 21.6 Å². The monoisotopic (exact) mass is 370 g/mol. The van der Waals surface area contributed by atoms with E-state index < -0.39 is 21.7 Å². The minimum absolute atomic E-state index is 0.0625. The molecule has 0 unspecified atom stereocenters. The number of sulfone groups is 1. The lowest BCUT2D eigenvalue weighted by Crippen LogP contribution is -2.05. The number of rotatable bonds is 3. The number of nitrogens with zero attached hydrogens (tertiary/aromatic N) is 4. The second-order valence-electron chi connectivity index (χ2n) is 5.49. The Labute approximate surface area is 141 Å². The minimum Gasteiger partial charge on any atom is -0.299 e. The second kappa shape index (κ2) is 5.73. The zero-order valence-electron chi connectivity index (χ0n) is 13.2. The van der Waals surface area contributed by atoms with Crippen LogP contribution in [0.25, 0.3) is 17.1 Å². The molecular weight excluding hydrogens is 357 g/mol. The molecule has 1 aromatic carbocycles. The van der Waals surface area contributed by atoms with E-state index in [0.29, 0.717) is 11.3 Å². The number of hydrogen-bond donors (Lipinski definition) is 0. The average Bonchev–Trinajstić information content (AvgIpc) is 3.12. The molecule has 0 saturated carbocycles. The number of aromatic nitrogens is 4. The van der Waals surface area contributed by atoms with Gasteiger partial charge < -0.3 is 0 Å². The molecule has 0 fully saturated rings. The van der Waals surface area contributed by atoms with Gasteiger partial charge in [0.1, 0.15) is 5.82 Å². The van der Waals surface area contributed by atoms with Crippen molar-refractivity contribution in [1.29, 1.82) is 0 Å². The van der Waals surface area contributed by atoms with Gasteiger partial charge in [-0.15, -0.1) is 0 Å². The van der Waals surface area contributed by atoms with E-state index in [2.05, 4.69) is 10.1 Å². The van der Waals surface area contributed by atoms with Crippen molar-refractivity contribution in [3.63, 3.8) is 0 Å². The summed E-state index contributed by atoms with van der Waals surface area (Å²) in [6, 6.07) is 5.53. The van der Waals surface area contributed by atoms with Crippen LogP contribution in [0.1, 0.15) is 5.69 Å². The molecule has 2 heterocycles. The normalized spacial score (nSPS) is 12.5. The lowest BCUT2D eigenvalue weighted by molar-refractivity contribution is -0.140. The Morgan fingerprint density at radius 3 is 2.20 bits per heavy atom. The van der Waals surface area contributed by atoms with E-state index >= 15 is 0 Å². The Bertz CT molecular complexity index is 1020. The highest BCUT2D eigenvalue weighted by Gasteiger charge is 2.35. The summed E-state index contributed by atoms with van der Waals surface area (Å²) >= 11 is 0. The van der Waals surface area contributed by atoms with Crippen molar-refractivity contribution in [2.75, 3.05) is 6.26 Å². The SMILES string of the molecule is Cn1cc(-c2nc(C(F)(F)F)cn2-c2ccc(S(C)(=O)=O)cc2)cn1. The Morgan fingerprint density at radius 2 is 1.72 bits per heavy atom. The summed E-state index contributed by atoms with van der Waals surface area (Å²) in [6.45, 7) is 0. The van der Waals surface area contributed by atoms with Gasteiger partial charge in [0.05, 0.1) is 16.7 Å². The summed E-state index contributed by atoms with van der Waals surface area (Å²) in [7, 11) is -1.76. The fourth-order valence-electron chi connectivity index (χ4n) is 2.31. The molecule has 0 saturated heterocycles. The second-order valence-corrected chi connectivity index (χ2v) is 7.50. The van der Waals surface area contributed by atoms with Gasteiger partial charge in [0, 0.05) is 31.4 Å². The van der Waals surface area contributed by atoms with Crippen molar-refractivity contribution in [2.45, 2.75) is 11.1 Å². The molecule has 3 aromatic rings. The molecule has 0 aliphatic rings. The molecular formula is C15H13F3N4O2S. The zero-order chi connectivity index (χ0) is 18.4. The van der Waals surface area contributed by atoms with Crippen LogP contribution in [-0.4, -0.2) is 34.0 Å². The molecule has 0 spiro atoms. The van der Waals surface area contributed by atoms with Gasteiger partial charge in [0.25, 0.3) is 0 Å². The van der Waals surface area contributed by atoms with Gasteiger partial charge in [-0.05, 0) is 24.3 Å². The maximum Gasteiger partial charge on any atom is 0.434 e. The molecule has 0 atom stereocenters. The van der Waals surface area contributed by atoms with E-state index in [0.717, 1.165) is 12.5 Å². The molecule has 6 nitrogen and oxygen atoms in total. The van der Waals surface area contributed by atoms with E-state index in [4.69, 9.17) is 0 Å². The van der Waals surface area contributed by atoms with Gasteiger partial charge in [0.15, 0.2) is 15.5 Å². The maximum atomic E-state index is 13.1. The predicted molar refractivity (Wildman–Crippen MR) is 83.9 cm³/mol. The summed E-state index contributed by atoms with van der Waals surface area (Å²) in [5.41, 5.74) is -0.280. The van der Waals surface area contributed by atoms with E-state index in [1.54, 1.807) is 13.2 Å². The van der Waals surface area contributed by atoms with Crippen LogP contribution in [0.5, 0.6) is 0 Å². The Kier molecular flexibility index (Phi) is 3.94. The fraction of sp³-hybridized carbons (Fsp3) is 0.200. The lowest BCUT2D eigenvalue weighted by atomic mass is 10.3. The molecule has 132 valence electrons. The van der Waals surface area contributed by atoms with Gasteiger partial charge in [-0.3, -0.25) is 9.25 Å².